The Kier molecular flexibility index (Phi) is 12.2. The summed E-state index contributed by atoms with van der Waals surface area (Å²) >= 11 is 24.4. The van der Waals surface area contributed by atoms with Crippen LogP contribution in [0.15, 0.2) is 36.4 Å². The van der Waals surface area contributed by atoms with E-state index in [0.29, 0.717) is 67.7 Å². The van der Waals surface area contributed by atoms with E-state index in [4.69, 9.17) is 62.6 Å². The maximum absolute atomic E-state index is 11.9. The van der Waals surface area contributed by atoms with Gasteiger partial charge in [0.2, 0.25) is 11.9 Å². The van der Waals surface area contributed by atoms with Crippen LogP contribution in [0.5, 0.6) is 0 Å². The summed E-state index contributed by atoms with van der Waals surface area (Å²) in [4.78, 5) is 22.0. The fraction of sp³-hybridized carbons (Fsp3) is 0.345. The van der Waals surface area contributed by atoms with E-state index in [2.05, 4.69) is 46.3 Å². The number of nitrogen functional groups attached to an aromatic ring is 2. The van der Waals surface area contributed by atoms with Crippen LogP contribution in [0.25, 0.3) is 22.5 Å². The van der Waals surface area contributed by atoms with Gasteiger partial charge in [-0.05, 0) is 32.9 Å². The highest BCUT2D eigenvalue weighted by Gasteiger charge is 2.34. The number of aromatic nitrogens is 6. The number of carbonyl (C=O) groups excluding carboxylic acids is 1. The SMILES string of the molecule is CC(C)(C)OC(=O)N1CC(Nc2nnc(-c3cccc(Cl)c3Cl)c(N)n2)C1.Cl.Nc1nc(NC2CNC2)nnc1-c1cccc(Cl)c1Cl. The molecule has 14 nitrogen and oxygen atoms in total. The predicted octanol–water partition coefficient (Wildman–Crippen LogP) is 5.69. The average molecular weight is 759 g/mol. The molecule has 0 radical (unpaired) electrons. The lowest BCUT2D eigenvalue weighted by Crippen LogP contribution is -2.58. The van der Waals surface area contributed by atoms with Crippen molar-refractivity contribution < 1.29 is 9.53 Å². The van der Waals surface area contributed by atoms with Gasteiger partial charge in [0.15, 0.2) is 11.6 Å². The Morgan fingerprint density at radius 3 is 1.67 bits per heavy atom. The van der Waals surface area contributed by atoms with Gasteiger partial charge in [0.25, 0.3) is 0 Å². The van der Waals surface area contributed by atoms with E-state index in [9.17, 15) is 4.79 Å². The van der Waals surface area contributed by atoms with Gasteiger partial charge in [0, 0.05) is 37.3 Å². The number of nitrogens with zero attached hydrogens (tertiary/aromatic N) is 7. The minimum absolute atomic E-state index is 0. The molecule has 4 aromatic rings. The van der Waals surface area contributed by atoms with Crippen LogP contribution in [0, 0.1) is 0 Å². The molecule has 1 amide bonds. The third-order valence-corrected chi connectivity index (χ3v) is 8.46. The largest absolute Gasteiger partial charge is 0.444 e. The molecule has 0 saturated carbocycles. The van der Waals surface area contributed by atoms with E-state index in [-0.39, 0.29) is 42.1 Å². The van der Waals surface area contributed by atoms with Crippen molar-refractivity contribution in [3.63, 3.8) is 0 Å². The van der Waals surface area contributed by atoms with E-state index < -0.39 is 5.60 Å². The number of hydrogen-bond acceptors (Lipinski definition) is 13. The minimum Gasteiger partial charge on any atom is -0.444 e. The van der Waals surface area contributed by atoms with Crippen LogP contribution < -0.4 is 27.4 Å². The van der Waals surface area contributed by atoms with Crippen molar-refractivity contribution in [1.29, 1.82) is 0 Å². The lowest BCUT2D eigenvalue weighted by molar-refractivity contribution is 0.0104. The highest BCUT2D eigenvalue weighted by Crippen LogP contribution is 2.35. The quantitative estimate of drug-likeness (QED) is 0.161. The molecule has 2 aromatic heterocycles. The second-order valence-electron chi connectivity index (χ2n) is 11.7. The molecule has 0 unspecified atom stereocenters. The van der Waals surface area contributed by atoms with Gasteiger partial charge in [-0.2, -0.15) is 9.97 Å². The fourth-order valence-corrected chi connectivity index (χ4v) is 5.14. The number of nitrogens with two attached hydrogens (primary N) is 2. The van der Waals surface area contributed by atoms with Gasteiger partial charge in [-0.1, -0.05) is 70.7 Å². The van der Waals surface area contributed by atoms with Crippen molar-refractivity contribution >= 4 is 88.4 Å². The molecule has 2 aliphatic heterocycles. The smallest absolute Gasteiger partial charge is 0.410 e. The molecule has 4 heterocycles. The monoisotopic (exact) mass is 756 g/mol. The molecule has 0 bridgehead atoms. The molecular formula is C29H33Cl5N12O2. The van der Waals surface area contributed by atoms with Crippen LogP contribution in [0.4, 0.5) is 28.3 Å². The van der Waals surface area contributed by atoms with Gasteiger partial charge in [-0.15, -0.1) is 32.8 Å². The molecule has 7 N–H and O–H groups in total. The van der Waals surface area contributed by atoms with Crippen molar-refractivity contribution in [3.8, 4) is 22.5 Å². The minimum atomic E-state index is -0.519. The van der Waals surface area contributed by atoms with Crippen LogP contribution in [-0.4, -0.2) is 85.2 Å². The van der Waals surface area contributed by atoms with Crippen LogP contribution in [0.1, 0.15) is 20.8 Å². The number of hydrogen-bond donors (Lipinski definition) is 5. The van der Waals surface area contributed by atoms with Crippen molar-refractivity contribution in [2.24, 2.45) is 0 Å². The van der Waals surface area contributed by atoms with Gasteiger partial charge >= 0.3 is 6.09 Å². The van der Waals surface area contributed by atoms with E-state index in [1.807, 2.05) is 20.8 Å². The lowest BCUT2D eigenvalue weighted by Gasteiger charge is -2.39. The Bertz CT molecular complexity index is 1770. The maximum atomic E-state index is 11.9. The number of carbonyl (C=O) groups is 1. The molecule has 19 heteroatoms. The van der Waals surface area contributed by atoms with Gasteiger partial charge in [-0.25, -0.2) is 4.79 Å². The first-order valence-electron chi connectivity index (χ1n) is 14.4. The first-order valence-corrected chi connectivity index (χ1v) is 15.9. The summed E-state index contributed by atoms with van der Waals surface area (Å²) in [6.45, 7) is 8.22. The van der Waals surface area contributed by atoms with Gasteiger partial charge in [0.1, 0.15) is 17.0 Å². The van der Waals surface area contributed by atoms with Gasteiger partial charge < -0.3 is 37.1 Å². The molecule has 2 aromatic carbocycles. The summed E-state index contributed by atoms with van der Waals surface area (Å²) < 4.78 is 5.32. The molecule has 256 valence electrons. The summed E-state index contributed by atoms with van der Waals surface area (Å²) in [6, 6.07) is 10.7. The Morgan fingerprint density at radius 2 is 1.27 bits per heavy atom. The number of anilines is 4. The second kappa shape index (κ2) is 15.7. The summed E-state index contributed by atoms with van der Waals surface area (Å²) in [5.74, 6) is 1.14. The maximum Gasteiger partial charge on any atom is 0.410 e. The van der Waals surface area contributed by atoms with Crippen molar-refractivity contribution in [2.45, 2.75) is 38.5 Å². The lowest BCUT2D eigenvalue weighted by atomic mass is 10.1. The topological polar surface area (TPSA) is 195 Å². The zero-order chi connectivity index (χ0) is 33.9. The number of likely N-dealkylation sites (tertiary alicyclic amines) is 1. The Balaban J connectivity index is 0.000000221. The third-order valence-electron chi connectivity index (χ3n) is 6.82. The number of amides is 1. The Morgan fingerprint density at radius 1 is 0.812 bits per heavy atom. The summed E-state index contributed by atoms with van der Waals surface area (Å²) in [5.41, 5.74) is 13.4. The fourth-order valence-electron chi connectivity index (χ4n) is 4.36. The average Bonchev–Trinajstić information content (AvgIpc) is 2.95. The second-order valence-corrected chi connectivity index (χ2v) is 13.2. The molecule has 2 saturated heterocycles. The zero-order valence-electron chi connectivity index (χ0n) is 26.0. The van der Waals surface area contributed by atoms with Crippen molar-refractivity contribution in [1.82, 2.24) is 40.6 Å². The molecule has 6 rings (SSSR count). The van der Waals surface area contributed by atoms with E-state index in [0.717, 1.165) is 13.1 Å². The number of halogens is 5. The van der Waals surface area contributed by atoms with Crippen LogP contribution in [0.3, 0.4) is 0 Å². The molecule has 2 fully saturated rings. The number of benzene rings is 2. The van der Waals surface area contributed by atoms with Crippen LogP contribution in [0.2, 0.25) is 20.1 Å². The molecule has 2 aliphatic rings. The van der Waals surface area contributed by atoms with E-state index >= 15 is 0 Å². The highest BCUT2D eigenvalue weighted by atomic mass is 35.5. The van der Waals surface area contributed by atoms with Crippen LogP contribution >= 0.6 is 58.8 Å². The molecule has 0 atom stereocenters. The van der Waals surface area contributed by atoms with Crippen LogP contribution in [-0.2, 0) is 4.74 Å². The number of rotatable bonds is 6. The van der Waals surface area contributed by atoms with Gasteiger partial charge in [0.05, 0.1) is 32.2 Å². The molecule has 0 aliphatic carbocycles. The summed E-state index contributed by atoms with van der Waals surface area (Å²) in [5, 5.41) is 27.2. The van der Waals surface area contributed by atoms with E-state index in [1.165, 1.54) is 0 Å². The first kappa shape index (κ1) is 37.2. The standard InChI is InChI=1S/C17H20Cl2N6O2.C12H12Cl2N6.ClH/c1-17(2,3)27-16(26)25-7-9(8-25)21-15-22-14(20)13(23-24-15)10-5-4-6-11(18)12(10)19;13-8-3-1-2-7(9(8)14)10-11(15)18-12(20-19-10)17-6-4-16-5-6;/h4-6,9H,7-8H2,1-3H3,(H3,20,21,22,24);1-3,6,16H,4-5H2,(H3,15,17,18,20);1H. The zero-order valence-corrected chi connectivity index (χ0v) is 29.8. The Hall–Kier alpha value is -3.66. The Labute approximate surface area is 303 Å². The number of nitrogens with one attached hydrogen (secondary N) is 3. The predicted molar refractivity (Wildman–Crippen MR) is 192 cm³/mol. The third kappa shape index (κ3) is 9.07. The molecule has 48 heavy (non-hydrogen) atoms. The van der Waals surface area contributed by atoms with Crippen molar-refractivity contribution in [3.05, 3.63) is 56.5 Å². The molecular weight excluding hydrogens is 726 g/mol. The summed E-state index contributed by atoms with van der Waals surface area (Å²) in [7, 11) is 0. The summed E-state index contributed by atoms with van der Waals surface area (Å²) in [6.07, 6.45) is -0.343. The molecule has 0 spiro atoms. The van der Waals surface area contributed by atoms with Gasteiger partial charge in [-0.3, -0.25) is 0 Å². The van der Waals surface area contributed by atoms with Crippen molar-refractivity contribution in [2.75, 3.05) is 48.3 Å². The first-order chi connectivity index (χ1) is 22.3. The normalized spacial score (nSPS) is 14.4. The highest BCUT2D eigenvalue weighted by molar-refractivity contribution is 6.44. The number of ether oxygens (including phenoxy) is 1. The van der Waals surface area contributed by atoms with E-state index in [1.54, 1.807) is 41.3 Å².